The van der Waals surface area contributed by atoms with Crippen LogP contribution < -0.4 is 20.5 Å². The molecule has 2 aromatic heterocycles. The summed E-state index contributed by atoms with van der Waals surface area (Å²) in [5.41, 5.74) is 10.2. The molecule has 0 fully saturated rings. The van der Waals surface area contributed by atoms with Gasteiger partial charge < -0.3 is 25.5 Å². The number of methoxy groups -OCH3 is 2. The highest BCUT2D eigenvalue weighted by Gasteiger charge is 2.19. The Hall–Kier alpha value is -3.78. The fourth-order valence-corrected chi connectivity index (χ4v) is 3.30. The molecule has 1 atom stereocenters. The molecule has 0 saturated heterocycles. The van der Waals surface area contributed by atoms with Crippen molar-refractivity contribution in [1.29, 1.82) is 0 Å². The number of nitrogens with zero attached hydrogens (tertiary/aromatic N) is 1. The fraction of sp³-hybridized carbons (Fsp3) is 0.143. The number of para-hydroxylation sites is 1. The standard InChI is InChI=1S/C21H21N5O3/c1-28-17-7-6-12(8-18(17)29-2)19(22)21(27)26-16-5-3-4-14-15(11-23-20(14)16)13-9-24-25-10-13/h3-11,19,23H,22H2,1-2H3,(H,24,25)(H,26,27). The van der Waals surface area contributed by atoms with Crippen LogP contribution in [0.4, 0.5) is 5.69 Å². The average molecular weight is 391 g/mol. The van der Waals surface area contributed by atoms with Crippen LogP contribution in [0.5, 0.6) is 11.5 Å². The highest BCUT2D eigenvalue weighted by atomic mass is 16.5. The SMILES string of the molecule is COc1ccc(C(N)C(=O)Nc2cccc3c(-c4cn[nH]c4)c[nH]c23)cc1OC. The zero-order valence-electron chi connectivity index (χ0n) is 16.0. The first-order chi connectivity index (χ1) is 14.1. The first kappa shape index (κ1) is 18.6. The normalized spacial score (nSPS) is 12.0. The third-order valence-electron chi connectivity index (χ3n) is 4.83. The van der Waals surface area contributed by atoms with E-state index in [-0.39, 0.29) is 5.91 Å². The van der Waals surface area contributed by atoms with E-state index < -0.39 is 6.04 Å². The lowest BCUT2D eigenvalue weighted by atomic mass is 10.1. The summed E-state index contributed by atoms with van der Waals surface area (Å²) in [5.74, 6) is 0.764. The highest BCUT2D eigenvalue weighted by molar-refractivity contribution is 6.06. The number of aromatic nitrogens is 3. The van der Waals surface area contributed by atoms with Crippen LogP contribution in [0.3, 0.4) is 0 Å². The van der Waals surface area contributed by atoms with Crippen LogP contribution in [-0.2, 0) is 4.79 Å². The summed E-state index contributed by atoms with van der Waals surface area (Å²) in [4.78, 5) is 16.0. The first-order valence-electron chi connectivity index (χ1n) is 9.00. The Kier molecular flexibility index (Phi) is 4.92. The van der Waals surface area contributed by atoms with Crippen LogP contribution in [0.2, 0.25) is 0 Å². The maximum absolute atomic E-state index is 12.8. The van der Waals surface area contributed by atoms with Crippen LogP contribution >= 0.6 is 0 Å². The van der Waals surface area contributed by atoms with Gasteiger partial charge in [-0.2, -0.15) is 5.10 Å². The number of carbonyl (C=O) groups is 1. The fourth-order valence-electron chi connectivity index (χ4n) is 3.30. The molecule has 5 N–H and O–H groups in total. The summed E-state index contributed by atoms with van der Waals surface area (Å²) in [6.45, 7) is 0. The van der Waals surface area contributed by atoms with Gasteiger partial charge in [-0.15, -0.1) is 0 Å². The summed E-state index contributed by atoms with van der Waals surface area (Å²) < 4.78 is 10.5. The van der Waals surface area contributed by atoms with E-state index >= 15 is 0 Å². The molecule has 29 heavy (non-hydrogen) atoms. The van der Waals surface area contributed by atoms with Gasteiger partial charge in [0, 0.05) is 28.9 Å². The molecule has 0 aliphatic carbocycles. The average Bonchev–Trinajstić information content (AvgIpc) is 3.42. The van der Waals surface area contributed by atoms with Crippen molar-refractivity contribution in [2.75, 3.05) is 19.5 Å². The second-order valence-corrected chi connectivity index (χ2v) is 6.50. The number of anilines is 1. The van der Waals surface area contributed by atoms with Crippen molar-refractivity contribution < 1.29 is 14.3 Å². The lowest BCUT2D eigenvalue weighted by Crippen LogP contribution is -2.27. The molecule has 4 aromatic rings. The third-order valence-corrected chi connectivity index (χ3v) is 4.83. The Morgan fingerprint density at radius 1 is 1.14 bits per heavy atom. The van der Waals surface area contributed by atoms with Crippen molar-refractivity contribution in [3.63, 3.8) is 0 Å². The van der Waals surface area contributed by atoms with Crippen molar-refractivity contribution in [3.05, 3.63) is 60.6 Å². The lowest BCUT2D eigenvalue weighted by Gasteiger charge is -2.15. The zero-order valence-corrected chi connectivity index (χ0v) is 16.0. The molecular formula is C21H21N5O3. The Morgan fingerprint density at radius 2 is 1.97 bits per heavy atom. The molecule has 1 amide bonds. The Morgan fingerprint density at radius 3 is 2.69 bits per heavy atom. The molecule has 1 unspecified atom stereocenters. The number of fused-ring (bicyclic) bond motifs is 1. The van der Waals surface area contributed by atoms with Crippen LogP contribution in [0, 0.1) is 0 Å². The largest absolute Gasteiger partial charge is 0.493 e. The van der Waals surface area contributed by atoms with Gasteiger partial charge in [0.1, 0.15) is 6.04 Å². The van der Waals surface area contributed by atoms with Gasteiger partial charge >= 0.3 is 0 Å². The predicted octanol–water partition coefficient (Wildman–Crippen LogP) is 3.21. The molecule has 0 saturated carbocycles. The number of rotatable bonds is 6. The number of amides is 1. The van der Waals surface area contributed by atoms with E-state index in [4.69, 9.17) is 15.2 Å². The minimum atomic E-state index is -0.867. The molecule has 0 bridgehead atoms. The summed E-state index contributed by atoms with van der Waals surface area (Å²) in [7, 11) is 3.09. The van der Waals surface area contributed by atoms with Gasteiger partial charge in [-0.25, -0.2) is 0 Å². The minimum Gasteiger partial charge on any atom is -0.493 e. The first-order valence-corrected chi connectivity index (χ1v) is 9.00. The van der Waals surface area contributed by atoms with Gasteiger partial charge in [0.05, 0.1) is 31.6 Å². The van der Waals surface area contributed by atoms with E-state index in [1.54, 1.807) is 31.5 Å². The van der Waals surface area contributed by atoms with Crippen LogP contribution in [-0.4, -0.2) is 35.3 Å². The number of ether oxygens (including phenoxy) is 2. The van der Waals surface area contributed by atoms with E-state index in [2.05, 4.69) is 20.5 Å². The molecule has 4 rings (SSSR count). The summed E-state index contributed by atoms with van der Waals surface area (Å²) >= 11 is 0. The molecule has 0 spiro atoms. The number of aromatic amines is 2. The summed E-state index contributed by atoms with van der Waals surface area (Å²) in [6, 6.07) is 10.0. The summed E-state index contributed by atoms with van der Waals surface area (Å²) in [5, 5.41) is 10.7. The molecule has 148 valence electrons. The number of hydrogen-bond acceptors (Lipinski definition) is 5. The van der Waals surface area contributed by atoms with Crippen molar-refractivity contribution in [1.82, 2.24) is 15.2 Å². The summed E-state index contributed by atoms with van der Waals surface area (Å²) in [6.07, 6.45) is 5.46. The molecule has 8 heteroatoms. The molecule has 0 aliphatic heterocycles. The molecule has 2 aromatic carbocycles. The maximum Gasteiger partial charge on any atom is 0.245 e. The van der Waals surface area contributed by atoms with Gasteiger partial charge in [-0.05, 0) is 23.8 Å². The smallest absolute Gasteiger partial charge is 0.245 e. The number of benzene rings is 2. The Bertz CT molecular complexity index is 1150. The molecule has 0 radical (unpaired) electrons. The predicted molar refractivity (Wildman–Crippen MR) is 111 cm³/mol. The Balaban J connectivity index is 1.61. The van der Waals surface area contributed by atoms with Gasteiger partial charge in [-0.1, -0.05) is 18.2 Å². The number of carbonyl (C=O) groups excluding carboxylic acids is 1. The third kappa shape index (κ3) is 3.41. The monoisotopic (exact) mass is 391 g/mol. The minimum absolute atomic E-state index is 0.329. The molecular weight excluding hydrogens is 370 g/mol. The van der Waals surface area contributed by atoms with Crippen molar-refractivity contribution in [3.8, 4) is 22.6 Å². The topological polar surface area (TPSA) is 118 Å². The molecule has 8 nitrogen and oxygen atoms in total. The van der Waals surface area contributed by atoms with Gasteiger partial charge in [0.2, 0.25) is 5.91 Å². The number of H-pyrrole nitrogens is 2. The van der Waals surface area contributed by atoms with Gasteiger partial charge in [0.25, 0.3) is 0 Å². The quantitative estimate of drug-likeness (QED) is 0.402. The van der Waals surface area contributed by atoms with E-state index in [0.717, 1.165) is 22.0 Å². The van der Waals surface area contributed by atoms with Gasteiger partial charge in [-0.3, -0.25) is 9.89 Å². The Labute approximate surface area is 167 Å². The van der Waals surface area contributed by atoms with Crippen molar-refractivity contribution >= 4 is 22.5 Å². The van der Waals surface area contributed by atoms with Crippen LogP contribution in [0.15, 0.2) is 55.0 Å². The highest BCUT2D eigenvalue weighted by Crippen LogP contribution is 2.33. The lowest BCUT2D eigenvalue weighted by molar-refractivity contribution is -0.117. The van der Waals surface area contributed by atoms with E-state index in [1.807, 2.05) is 30.6 Å². The van der Waals surface area contributed by atoms with E-state index in [1.165, 1.54) is 7.11 Å². The van der Waals surface area contributed by atoms with Crippen LogP contribution in [0.25, 0.3) is 22.0 Å². The van der Waals surface area contributed by atoms with E-state index in [9.17, 15) is 4.79 Å². The van der Waals surface area contributed by atoms with E-state index in [0.29, 0.717) is 22.7 Å². The number of hydrogen-bond donors (Lipinski definition) is 4. The van der Waals surface area contributed by atoms with Gasteiger partial charge in [0.15, 0.2) is 11.5 Å². The van der Waals surface area contributed by atoms with Crippen molar-refractivity contribution in [2.24, 2.45) is 5.73 Å². The second kappa shape index (κ2) is 7.69. The van der Waals surface area contributed by atoms with Crippen molar-refractivity contribution in [2.45, 2.75) is 6.04 Å². The zero-order chi connectivity index (χ0) is 20.4. The number of nitrogens with two attached hydrogens (primary N) is 1. The number of nitrogens with one attached hydrogen (secondary N) is 3. The van der Waals surface area contributed by atoms with Crippen LogP contribution in [0.1, 0.15) is 11.6 Å². The molecule has 2 heterocycles. The molecule has 0 aliphatic rings. The second-order valence-electron chi connectivity index (χ2n) is 6.50. The maximum atomic E-state index is 12.8.